The topological polar surface area (TPSA) is 0 Å². The first kappa shape index (κ1) is 28.3. The van der Waals surface area contributed by atoms with Crippen LogP contribution in [0.3, 0.4) is 0 Å². The second-order valence-corrected chi connectivity index (χ2v) is 12.2. The average molecular weight is 463 g/mol. The van der Waals surface area contributed by atoms with Crippen molar-refractivity contribution in [2.24, 2.45) is 5.41 Å². The quantitative estimate of drug-likeness (QED) is 0.290. The Morgan fingerprint density at radius 2 is 0.812 bits per heavy atom. The van der Waals surface area contributed by atoms with Gasteiger partial charge in [-0.3, -0.25) is 0 Å². The first-order valence-electron chi connectivity index (χ1n) is 15.1. The molecule has 0 fully saturated rings. The van der Waals surface area contributed by atoms with Crippen LogP contribution in [0.5, 0.6) is 0 Å². The van der Waals surface area contributed by atoms with Crippen LogP contribution in [-0.2, 0) is 0 Å². The van der Waals surface area contributed by atoms with Crippen molar-refractivity contribution in [3.8, 4) is 0 Å². The Labute approximate surface area is 208 Å². The Morgan fingerprint density at radius 1 is 0.531 bits per heavy atom. The third-order valence-corrected chi connectivity index (χ3v) is 9.42. The Balaban J connectivity index is 1.65. The van der Waals surface area contributed by atoms with E-state index in [2.05, 4.69) is 13.8 Å². The summed E-state index contributed by atoms with van der Waals surface area (Å²) >= 11 is 4.83. The van der Waals surface area contributed by atoms with E-state index >= 15 is 0 Å². The number of hydrogen-bond acceptors (Lipinski definition) is 1. The predicted octanol–water partition coefficient (Wildman–Crippen LogP) is 11.4. The van der Waals surface area contributed by atoms with Crippen molar-refractivity contribution in [3.05, 3.63) is 11.1 Å². The van der Waals surface area contributed by atoms with Gasteiger partial charge in [-0.05, 0) is 43.9 Å². The lowest BCUT2D eigenvalue weighted by molar-refractivity contribution is 0.241. The third-order valence-electron chi connectivity index (χ3n) is 8.80. The van der Waals surface area contributed by atoms with Crippen LogP contribution in [0.4, 0.5) is 0 Å². The standard InChI is InChI=1S/C31H58S/c1-3-31(2)26-22-18-14-11-9-7-5-4-6-8-10-12-16-20-24-28-29(30(28)32)25-21-17-13-15-19-23-27-31/h30,32H,3-27H2,1-2H3. The zero-order chi connectivity index (χ0) is 22.9. The Hall–Kier alpha value is 0.0900. The van der Waals surface area contributed by atoms with Crippen molar-refractivity contribution in [1.82, 2.24) is 0 Å². The highest BCUT2D eigenvalue weighted by molar-refractivity contribution is 7.81. The first-order valence-corrected chi connectivity index (χ1v) is 15.6. The van der Waals surface area contributed by atoms with E-state index in [0.29, 0.717) is 10.7 Å². The van der Waals surface area contributed by atoms with Gasteiger partial charge >= 0.3 is 0 Å². The van der Waals surface area contributed by atoms with Gasteiger partial charge in [0.1, 0.15) is 0 Å². The largest absolute Gasteiger partial charge is 0.167 e. The minimum absolute atomic E-state index is 0.577. The van der Waals surface area contributed by atoms with Crippen LogP contribution in [0.1, 0.15) is 174 Å². The molecule has 2 rings (SSSR count). The summed E-state index contributed by atoms with van der Waals surface area (Å²) in [5.41, 5.74) is 4.06. The molecule has 0 aliphatic heterocycles. The Kier molecular flexibility index (Phi) is 15.5. The molecule has 0 bridgehead atoms. The summed E-state index contributed by atoms with van der Waals surface area (Å²) in [6, 6.07) is 0. The number of rotatable bonds is 1. The number of hydrogen-bond donors (Lipinski definition) is 1. The SMILES string of the molecule is CCC1(C)CCCCCCCCCCCCCCCCC2=C(CCCCCCCC1)C2S. The Bertz CT molecular complexity index is 493. The highest BCUT2D eigenvalue weighted by Gasteiger charge is 2.31. The van der Waals surface area contributed by atoms with Crippen LogP contribution in [-0.4, -0.2) is 5.25 Å². The molecule has 188 valence electrons. The molecule has 0 nitrogen and oxygen atoms in total. The van der Waals surface area contributed by atoms with Crippen molar-refractivity contribution < 1.29 is 0 Å². The molecule has 32 heavy (non-hydrogen) atoms. The molecule has 0 aromatic heterocycles. The third kappa shape index (κ3) is 12.5. The molecule has 0 heterocycles. The molecule has 0 aromatic rings. The molecular weight excluding hydrogens is 404 g/mol. The molecule has 0 saturated carbocycles. The van der Waals surface area contributed by atoms with Crippen LogP contribution in [0.25, 0.3) is 0 Å². The first-order chi connectivity index (χ1) is 15.7. The maximum absolute atomic E-state index is 4.83. The van der Waals surface area contributed by atoms with Gasteiger partial charge in [-0.1, -0.05) is 147 Å². The van der Waals surface area contributed by atoms with Crippen molar-refractivity contribution in [2.75, 3.05) is 0 Å². The van der Waals surface area contributed by atoms with Gasteiger partial charge < -0.3 is 0 Å². The van der Waals surface area contributed by atoms with E-state index in [-0.39, 0.29) is 0 Å². The lowest BCUT2D eigenvalue weighted by atomic mass is 9.77. The summed E-state index contributed by atoms with van der Waals surface area (Å²) in [5, 5.41) is 0.577. The molecule has 2 unspecified atom stereocenters. The normalized spacial score (nSPS) is 30.3. The lowest BCUT2D eigenvalue weighted by Gasteiger charge is -2.28. The van der Waals surface area contributed by atoms with Crippen molar-refractivity contribution in [2.45, 2.75) is 180 Å². The predicted molar refractivity (Wildman–Crippen MR) is 149 cm³/mol. The summed E-state index contributed by atoms with van der Waals surface area (Å²) in [4.78, 5) is 0. The van der Waals surface area contributed by atoms with E-state index in [0.717, 1.165) is 0 Å². The van der Waals surface area contributed by atoms with E-state index in [9.17, 15) is 0 Å². The van der Waals surface area contributed by atoms with E-state index in [1.54, 1.807) is 11.1 Å². The molecule has 1 heteroatoms. The lowest BCUT2D eigenvalue weighted by Crippen LogP contribution is -2.15. The summed E-state index contributed by atoms with van der Waals surface area (Å²) in [5.74, 6) is 0. The van der Waals surface area contributed by atoms with E-state index in [1.807, 2.05) is 0 Å². The fourth-order valence-corrected chi connectivity index (χ4v) is 6.45. The van der Waals surface area contributed by atoms with Gasteiger partial charge in [0.05, 0.1) is 0 Å². The van der Waals surface area contributed by atoms with Gasteiger partial charge in [0.25, 0.3) is 0 Å². The second kappa shape index (κ2) is 17.5. The van der Waals surface area contributed by atoms with E-state index in [4.69, 9.17) is 12.6 Å². The molecule has 0 N–H and O–H groups in total. The highest BCUT2D eigenvalue weighted by Crippen LogP contribution is 2.43. The maximum atomic E-state index is 4.83. The minimum Gasteiger partial charge on any atom is -0.167 e. The molecule has 2 aliphatic rings. The van der Waals surface area contributed by atoms with Crippen LogP contribution in [0.2, 0.25) is 0 Å². The molecule has 0 amide bonds. The minimum atomic E-state index is 0.577. The van der Waals surface area contributed by atoms with Crippen LogP contribution in [0.15, 0.2) is 11.1 Å². The van der Waals surface area contributed by atoms with Gasteiger partial charge in [0.15, 0.2) is 0 Å². The maximum Gasteiger partial charge on any atom is 0.0442 e. The molecule has 2 atom stereocenters. The molecular formula is C31H58S. The van der Waals surface area contributed by atoms with E-state index < -0.39 is 0 Å². The van der Waals surface area contributed by atoms with Crippen LogP contribution >= 0.6 is 12.6 Å². The second-order valence-electron chi connectivity index (χ2n) is 11.7. The van der Waals surface area contributed by atoms with Crippen molar-refractivity contribution in [3.63, 3.8) is 0 Å². The summed E-state index contributed by atoms with van der Waals surface area (Å²) in [6.07, 6.45) is 36.2. The molecule has 0 saturated heterocycles. The average Bonchev–Trinajstić information content (AvgIpc) is 3.41. The van der Waals surface area contributed by atoms with Crippen LogP contribution in [0, 0.1) is 5.41 Å². The van der Waals surface area contributed by atoms with Gasteiger partial charge in [-0.2, -0.15) is 12.6 Å². The molecule has 0 spiro atoms. The van der Waals surface area contributed by atoms with Gasteiger partial charge in [0, 0.05) is 5.25 Å². The van der Waals surface area contributed by atoms with Crippen LogP contribution < -0.4 is 0 Å². The summed E-state index contributed by atoms with van der Waals surface area (Å²) in [6.45, 7) is 5.00. The monoisotopic (exact) mass is 462 g/mol. The Morgan fingerprint density at radius 3 is 1.12 bits per heavy atom. The van der Waals surface area contributed by atoms with Gasteiger partial charge in [0.2, 0.25) is 0 Å². The zero-order valence-electron chi connectivity index (χ0n) is 22.2. The molecule has 2 aliphatic carbocycles. The fraction of sp³-hybridized carbons (Fsp3) is 0.935. The summed E-state index contributed by atoms with van der Waals surface area (Å²) in [7, 11) is 0. The smallest absolute Gasteiger partial charge is 0.0442 e. The molecule has 0 aromatic carbocycles. The van der Waals surface area contributed by atoms with Crippen molar-refractivity contribution in [1.29, 1.82) is 0 Å². The number of thiol groups is 1. The summed E-state index contributed by atoms with van der Waals surface area (Å²) < 4.78 is 0. The fourth-order valence-electron chi connectivity index (χ4n) is 5.94. The van der Waals surface area contributed by atoms with Gasteiger partial charge in [-0.25, -0.2) is 0 Å². The zero-order valence-corrected chi connectivity index (χ0v) is 23.1. The van der Waals surface area contributed by atoms with Crippen molar-refractivity contribution >= 4 is 12.6 Å². The van der Waals surface area contributed by atoms with E-state index in [1.165, 1.54) is 161 Å². The molecule has 0 radical (unpaired) electrons. The van der Waals surface area contributed by atoms with Gasteiger partial charge in [-0.15, -0.1) is 0 Å². The highest BCUT2D eigenvalue weighted by atomic mass is 32.1.